The van der Waals surface area contributed by atoms with E-state index >= 15 is 0 Å². The Bertz CT molecular complexity index is 538. The molecule has 0 saturated carbocycles. The van der Waals surface area contributed by atoms with Gasteiger partial charge in [-0.1, -0.05) is 18.8 Å². The van der Waals surface area contributed by atoms with Gasteiger partial charge in [-0.05, 0) is 43.7 Å². The summed E-state index contributed by atoms with van der Waals surface area (Å²) in [5.41, 5.74) is 6.47. The maximum atomic E-state index is 12.6. The van der Waals surface area contributed by atoms with Gasteiger partial charge in [0.2, 0.25) is 0 Å². The quantitative estimate of drug-likeness (QED) is 0.808. The summed E-state index contributed by atoms with van der Waals surface area (Å²) < 4.78 is 0. The molecule has 3 nitrogen and oxygen atoms in total. The van der Waals surface area contributed by atoms with E-state index in [9.17, 15) is 4.79 Å². The van der Waals surface area contributed by atoms with E-state index in [-0.39, 0.29) is 5.91 Å². The Balaban J connectivity index is 2.12. The number of carbonyl (C=O) groups excluding carboxylic acids is 1. The number of aryl methyl sites for hydroxylation is 1. The van der Waals surface area contributed by atoms with Gasteiger partial charge < -0.3 is 10.6 Å². The van der Waals surface area contributed by atoms with Crippen LogP contribution in [0.4, 0.5) is 0 Å². The van der Waals surface area contributed by atoms with Crippen LogP contribution in [0, 0.1) is 24.7 Å². The Kier molecular flexibility index (Phi) is 5.22. The highest BCUT2D eigenvalue weighted by molar-refractivity contribution is 7.14. The third kappa shape index (κ3) is 3.62. The van der Waals surface area contributed by atoms with Crippen molar-refractivity contribution in [2.24, 2.45) is 11.7 Å². The van der Waals surface area contributed by atoms with Gasteiger partial charge >= 0.3 is 0 Å². The van der Waals surface area contributed by atoms with Crippen LogP contribution < -0.4 is 5.73 Å². The molecule has 1 aliphatic heterocycles. The van der Waals surface area contributed by atoms with Crippen molar-refractivity contribution in [1.29, 1.82) is 0 Å². The molecule has 0 radical (unpaired) electrons. The second-order valence-corrected chi connectivity index (χ2v) is 6.51. The van der Waals surface area contributed by atoms with Crippen molar-refractivity contribution in [2.45, 2.75) is 33.1 Å². The number of hydrogen-bond acceptors (Lipinski definition) is 3. The standard InChI is InChI=1S/C16H22N2OS/c1-12-5-4-9-18(10-7-12)16(19)15-11-13(2)14(20-15)6-3-8-17/h11-12H,4-5,7-10,17H2,1-2H3. The lowest BCUT2D eigenvalue weighted by molar-refractivity contribution is 0.0765. The highest BCUT2D eigenvalue weighted by Crippen LogP contribution is 2.24. The third-order valence-corrected chi connectivity index (χ3v) is 4.88. The molecule has 1 aromatic heterocycles. The molecule has 2 rings (SSSR count). The van der Waals surface area contributed by atoms with Gasteiger partial charge in [-0.25, -0.2) is 0 Å². The first-order valence-electron chi connectivity index (χ1n) is 7.20. The second-order valence-electron chi connectivity index (χ2n) is 5.46. The van der Waals surface area contributed by atoms with Crippen LogP contribution in [-0.4, -0.2) is 30.4 Å². The number of nitrogens with zero attached hydrogens (tertiary/aromatic N) is 1. The fourth-order valence-corrected chi connectivity index (χ4v) is 3.48. The van der Waals surface area contributed by atoms with E-state index in [2.05, 4.69) is 18.8 Å². The zero-order chi connectivity index (χ0) is 14.5. The minimum Gasteiger partial charge on any atom is -0.338 e. The number of rotatable bonds is 1. The van der Waals surface area contributed by atoms with Crippen LogP contribution in [0.2, 0.25) is 0 Å². The average molecular weight is 290 g/mol. The SMILES string of the molecule is Cc1cc(C(=O)N2CCCC(C)CC2)sc1C#CCN. The van der Waals surface area contributed by atoms with Gasteiger partial charge in [0.05, 0.1) is 16.3 Å². The lowest BCUT2D eigenvalue weighted by atomic mass is 10.0. The number of likely N-dealkylation sites (tertiary alicyclic amines) is 1. The molecule has 1 saturated heterocycles. The normalized spacial score (nSPS) is 19.1. The van der Waals surface area contributed by atoms with Gasteiger partial charge in [-0.3, -0.25) is 4.79 Å². The van der Waals surface area contributed by atoms with Crippen LogP contribution in [0.25, 0.3) is 0 Å². The average Bonchev–Trinajstić information content (AvgIpc) is 2.65. The van der Waals surface area contributed by atoms with Crippen molar-refractivity contribution in [1.82, 2.24) is 4.90 Å². The molecule has 2 heterocycles. The highest BCUT2D eigenvalue weighted by Gasteiger charge is 2.21. The molecule has 1 fully saturated rings. The zero-order valence-corrected chi connectivity index (χ0v) is 13.1. The molecule has 1 aliphatic rings. The Morgan fingerprint density at radius 1 is 1.50 bits per heavy atom. The number of nitrogens with two attached hydrogens (primary N) is 1. The number of thiophene rings is 1. The van der Waals surface area contributed by atoms with Crippen LogP contribution in [-0.2, 0) is 0 Å². The van der Waals surface area contributed by atoms with Crippen molar-refractivity contribution in [2.75, 3.05) is 19.6 Å². The maximum Gasteiger partial charge on any atom is 0.263 e. The molecular weight excluding hydrogens is 268 g/mol. The van der Waals surface area contributed by atoms with Crippen LogP contribution >= 0.6 is 11.3 Å². The molecule has 20 heavy (non-hydrogen) atoms. The largest absolute Gasteiger partial charge is 0.338 e. The number of amides is 1. The minimum atomic E-state index is 0.160. The van der Waals surface area contributed by atoms with E-state index in [1.807, 2.05) is 17.9 Å². The summed E-state index contributed by atoms with van der Waals surface area (Å²) in [5, 5.41) is 0. The van der Waals surface area contributed by atoms with Crippen molar-refractivity contribution >= 4 is 17.2 Å². The Morgan fingerprint density at radius 2 is 2.30 bits per heavy atom. The van der Waals surface area contributed by atoms with E-state index in [1.54, 1.807) is 0 Å². The number of carbonyl (C=O) groups is 1. The predicted molar refractivity (Wildman–Crippen MR) is 83.9 cm³/mol. The molecule has 1 unspecified atom stereocenters. The fraction of sp³-hybridized carbons (Fsp3) is 0.562. The molecule has 1 amide bonds. The fourth-order valence-electron chi connectivity index (χ4n) is 2.46. The molecule has 0 bridgehead atoms. The molecule has 4 heteroatoms. The predicted octanol–water partition coefficient (Wildman–Crippen LogP) is 2.63. The van der Waals surface area contributed by atoms with Gasteiger partial charge in [0.1, 0.15) is 0 Å². The van der Waals surface area contributed by atoms with Crippen molar-refractivity contribution in [3.8, 4) is 11.8 Å². The molecule has 2 N–H and O–H groups in total. The molecule has 0 aromatic carbocycles. The third-order valence-electron chi connectivity index (χ3n) is 3.74. The first-order chi connectivity index (χ1) is 9.61. The highest BCUT2D eigenvalue weighted by atomic mass is 32.1. The van der Waals surface area contributed by atoms with E-state index in [0.29, 0.717) is 6.54 Å². The minimum absolute atomic E-state index is 0.160. The summed E-state index contributed by atoms with van der Waals surface area (Å²) in [7, 11) is 0. The lowest BCUT2D eigenvalue weighted by Crippen LogP contribution is -2.31. The topological polar surface area (TPSA) is 46.3 Å². The van der Waals surface area contributed by atoms with Gasteiger partial charge in [0, 0.05) is 13.1 Å². The monoisotopic (exact) mass is 290 g/mol. The van der Waals surface area contributed by atoms with E-state index in [0.717, 1.165) is 47.2 Å². The Morgan fingerprint density at radius 3 is 3.05 bits per heavy atom. The first-order valence-corrected chi connectivity index (χ1v) is 8.02. The van der Waals surface area contributed by atoms with Crippen molar-refractivity contribution < 1.29 is 4.79 Å². The molecule has 1 aromatic rings. The molecule has 108 valence electrons. The summed E-state index contributed by atoms with van der Waals surface area (Å²) in [4.78, 5) is 16.3. The Hall–Kier alpha value is -1.31. The lowest BCUT2D eigenvalue weighted by Gasteiger charge is -2.19. The van der Waals surface area contributed by atoms with Crippen molar-refractivity contribution in [3.63, 3.8) is 0 Å². The Labute approximate surface area is 125 Å². The molecule has 1 atom stereocenters. The van der Waals surface area contributed by atoms with Crippen molar-refractivity contribution in [3.05, 3.63) is 21.4 Å². The van der Waals surface area contributed by atoms with Gasteiger partial charge in [-0.15, -0.1) is 11.3 Å². The van der Waals surface area contributed by atoms with Gasteiger partial charge in [0.15, 0.2) is 0 Å². The zero-order valence-electron chi connectivity index (χ0n) is 12.2. The van der Waals surface area contributed by atoms with Crippen LogP contribution in [0.15, 0.2) is 6.07 Å². The maximum absolute atomic E-state index is 12.6. The summed E-state index contributed by atoms with van der Waals surface area (Å²) >= 11 is 1.49. The summed E-state index contributed by atoms with van der Waals surface area (Å²) in [6.45, 7) is 6.37. The van der Waals surface area contributed by atoms with E-state index < -0.39 is 0 Å². The van der Waals surface area contributed by atoms with Gasteiger partial charge in [0.25, 0.3) is 5.91 Å². The van der Waals surface area contributed by atoms with Gasteiger partial charge in [-0.2, -0.15) is 0 Å². The van der Waals surface area contributed by atoms with E-state index in [1.165, 1.54) is 17.8 Å². The first kappa shape index (κ1) is 15.1. The summed E-state index contributed by atoms with van der Waals surface area (Å²) in [6.07, 6.45) is 3.44. The smallest absolute Gasteiger partial charge is 0.263 e. The molecular formula is C16H22N2OS. The van der Waals surface area contributed by atoms with Crippen LogP contribution in [0.1, 0.15) is 46.3 Å². The summed E-state index contributed by atoms with van der Waals surface area (Å²) in [5.74, 6) is 6.79. The number of hydrogen-bond donors (Lipinski definition) is 1. The van der Waals surface area contributed by atoms with E-state index in [4.69, 9.17) is 5.73 Å². The van der Waals surface area contributed by atoms with Crippen LogP contribution in [0.5, 0.6) is 0 Å². The van der Waals surface area contributed by atoms with Crippen LogP contribution in [0.3, 0.4) is 0 Å². The molecule has 0 aliphatic carbocycles. The molecule has 0 spiro atoms. The second kappa shape index (κ2) is 6.92. The summed E-state index contributed by atoms with van der Waals surface area (Å²) in [6, 6.07) is 1.96.